The van der Waals surface area contributed by atoms with E-state index in [1.807, 2.05) is 0 Å². The maximum Gasteiger partial charge on any atom is 0.167 e. The molecule has 3 heterocycles. The minimum absolute atomic E-state index is 0.228. The molecule has 0 spiro atoms. The summed E-state index contributed by atoms with van der Waals surface area (Å²) in [6.07, 6.45) is 3.00. The molecular weight excluding hydrogens is 366 g/mol. The Kier molecular flexibility index (Phi) is 6.73. The summed E-state index contributed by atoms with van der Waals surface area (Å²) in [6, 6.07) is 0. The van der Waals surface area contributed by atoms with Gasteiger partial charge in [-0.3, -0.25) is 9.40 Å². The van der Waals surface area contributed by atoms with Crippen molar-refractivity contribution in [1.82, 2.24) is 25.1 Å². The lowest BCUT2D eigenvalue weighted by atomic mass is 10.00. The van der Waals surface area contributed by atoms with Crippen LogP contribution in [0.5, 0.6) is 0 Å². The van der Waals surface area contributed by atoms with Gasteiger partial charge in [-0.25, -0.2) is 15.0 Å². The first-order valence-electron chi connectivity index (χ1n) is 9.39. The quantitative estimate of drug-likeness (QED) is 0.257. The summed E-state index contributed by atoms with van der Waals surface area (Å²) in [7, 11) is 0. The Balaban J connectivity index is 1.78. The second-order valence-electron chi connectivity index (χ2n) is 6.81. The molecule has 1 saturated heterocycles. The maximum absolute atomic E-state index is 10.6. The minimum Gasteiger partial charge on any atom is -0.387 e. The maximum atomic E-state index is 10.6. The van der Waals surface area contributed by atoms with Gasteiger partial charge in [0.15, 0.2) is 17.7 Å². The van der Waals surface area contributed by atoms with Crippen molar-refractivity contribution in [3.63, 3.8) is 0 Å². The van der Waals surface area contributed by atoms with Crippen LogP contribution < -0.4 is 11.3 Å². The van der Waals surface area contributed by atoms with E-state index in [0.717, 1.165) is 25.7 Å². The Labute approximate surface area is 162 Å². The van der Waals surface area contributed by atoms with Crippen LogP contribution in [-0.2, 0) is 9.57 Å². The number of hydrazone groups is 1. The number of imidazole rings is 1. The number of nitrogens with zero attached hydrogens (tertiary/aromatic N) is 5. The first kappa shape index (κ1) is 20.4. The van der Waals surface area contributed by atoms with E-state index in [-0.39, 0.29) is 5.82 Å². The van der Waals surface area contributed by atoms with Gasteiger partial charge in [-0.15, -0.1) is 0 Å². The van der Waals surface area contributed by atoms with Crippen molar-refractivity contribution in [2.24, 2.45) is 5.10 Å². The first-order valence-corrected chi connectivity index (χ1v) is 9.39. The number of nitrogen functional groups attached to an aromatic ring is 1. The molecule has 154 valence electrons. The Hall–Kier alpha value is -2.34. The number of anilines is 1. The predicted octanol–water partition coefficient (Wildman–Crippen LogP) is 0.504. The smallest absolute Gasteiger partial charge is 0.167 e. The molecule has 11 heteroatoms. The summed E-state index contributed by atoms with van der Waals surface area (Å²) in [6.45, 7) is 5.46. The van der Waals surface area contributed by atoms with Gasteiger partial charge < -0.3 is 20.7 Å². The summed E-state index contributed by atoms with van der Waals surface area (Å²) < 4.78 is 7.53. The van der Waals surface area contributed by atoms with Gasteiger partial charge in [-0.05, 0) is 6.42 Å². The van der Waals surface area contributed by atoms with Crippen LogP contribution in [0.2, 0.25) is 0 Å². The van der Waals surface area contributed by atoms with E-state index in [4.69, 9.17) is 15.3 Å². The number of fused-ring (bicyclic) bond motifs is 1. The largest absolute Gasteiger partial charge is 0.387 e. The summed E-state index contributed by atoms with van der Waals surface area (Å²) in [5.74, 6) is 0.228. The summed E-state index contributed by atoms with van der Waals surface area (Å²) in [5, 5.41) is 24.7. The van der Waals surface area contributed by atoms with Gasteiger partial charge in [-0.2, -0.15) is 10.7 Å². The Bertz CT molecular complexity index is 786. The average molecular weight is 393 g/mol. The number of aliphatic hydroxyl groups is 2. The molecule has 0 aliphatic carbocycles. The van der Waals surface area contributed by atoms with E-state index in [1.54, 1.807) is 0 Å². The first-order chi connectivity index (χ1) is 13.6. The third kappa shape index (κ3) is 4.07. The van der Waals surface area contributed by atoms with Crippen LogP contribution in [0, 0.1) is 0 Å². The number of rotatable bonds is 10. The molecule has 0 amide bonds. The van der Waals surface area contributed by atoms with Crippen molar-refractivity contribution in [2.75, 3.05) is 5.73 Å². The number of unbranched alkanes of at least 4 members (excludes halogenated alkanes) is 3. The highest BCUT2D eigenvalue weighted by Gasteiger charge is 2.48. The van der Waals surface area contributed by atoms with E-state index in [2.05, 4.69) is 39.3 Å². The summed E-state index contributed by atoms with van der Waals surface area (Å²) in [5.41, 5.74) is 9.01. The third-order valence-corrected chi connectivity index (χ3v) is 4.91. The fourth-order valence-electron chi connectivity index (χ4n) is 3.45. The van der Waals surface area contributed by atoms with Gasteiger partial charge in [0.1, 0.15) is 36.3 Å². The molecule has 0 radical (unpaired) electrons. The van der Waals surface area contributed by atoms with Crippen molar-refractivity contribution >= 4 is 23.7 Å². The second kappa shape index (κ2) is 9.24. The van der Waals surface area contributed by atoms with Gasteiger partial charge in [0.2, 0.25) is 0 Å². The van der Waals surface area contributed by atoms with E-state index in [1.165, 1.54) is 17.2 Å². The molecule has 5 N–H and O–H groups in total. The van der Waals surface area contributed by atoms with E-state index >= 15 is 0 Å². The highest BCUT2D eigenvalue weighted by atomic mass is 16.7. The fraction of sp³-hybridized carbons (Fsp3) is 0.647. The van der Waals surface area contributed by atoms with Gasteiger partial charge >= 0.3 is 0 Å². The number of aromatic nitrogens is 4. The lowest BCUT2D eigenvalue weighted by Gasteiger charge is -2.24. The molecule has 0 bridgehead atoms. The Morgan fingerprint density at radius 1 is 1.32 bits per heavy atom. The van der Waals surface area contributed by atoms with Crippen LogP contribution in [0.15, 0.2) is 17.8 Å². The van der Waals surface area contributed by atoms with Crippen molar-refractivity contribution in [2.45, 2.75) is 69.7 Å². The standard InChI is InChI=1S/C17H27N7O4/c1-3-4-5-6-7-10(28-23-19-2)14-12(25)13(26)17(27-14)24-9-22-11-15(18)20-8-21-16(11)24/h8-10,12-14,17,23,25-26H,2-7H2,1H3,(H2,18,20,21)/t10?,12-,13+,14+,17+/m0/s1. The Morgan fingerprint density at radius 2 is 2.14 bits per heavy atom. The van der Waals surface area contributed by atoms with Crippen molar-refractivity contribution in [3.8, 4) is 0 Å². The zero-order valence-electron chi connectivity index (χ0n) is 15.8. The van der Waals surface area contributed by atoms with E-state index in [9.17, 15) is 10.2 Å². The van der Waals surface area contributed by atoms with Crippen LogP contribution in [-0.4, -0.2) is 60.9 Å². The zero-order chi connectivity index (χ0) is 20.1. The fourth-order valence-corrected chi connectivity index (χ4v) is 3.45. The normalized spacial score (nSPS) is 25.8. The molecule has 28 heavy (non-hydrogen) atoms. The number of hydrogen-bond donors (Lipinski definition) is 4. The highest BCUT2D eigenvalue weighted by molar-refractivity contribution is 5.81. The lowest BCUT2D eigenvalue weighted by molar-refractivity contribution is -0.137. The molecule has 1 aliphatic heterocycles. The van der Waals surface area contributed by atoms with E-state index < -0.39 is 30.6 Å². The summed E-state index contributed by atoms with van der Waals surface area (Å²) in [4.78, 5) is 17.8. The number of aliphatic hydroxyl groups excluding tert-OH is 2. The van der Waals surface area contributed by atoms with Crippen LogP contribution in [0.1, 0.15) is 45.3 Å². The Morgan fingerprint density at radius 3 is 2.89 bits per heavy atom. The lowest BCUT2D eigenvalue weighted by Crippen LogP contribution is -2.41. The molecule has 3 rings (SSSR count). The summed E-state index contributed by atoms with van der Waals surface area (Å²) >= 11 is 0. The van der Waals surface area contributed by atoms with Crippen molar-refractivity contribution in [1.29, 1.82) is 0 Å². The zero-order valence-corrected chi connectivity index (χ0v) is 15.8. The number of nitrogens with one attached hydrogen (secondary N) is 1. The van der Waals surface area contributed by atoms with Crippen LogP contribution in [0.3, 0.4) is 0 Å². The van der Waals surface area contributed by atoms with Gasteiger partial charge in [0.05, 0.1) is 6.33 Å². The second-order valence-corrected chi connectivity index (χ2v) is 6.81. The number of nitrogens with two attached hydrogens (primary N) is 1. The van der Waals surface area contributed by atoms with Gasteiger partial charge in [-0.1, -0.05) is 32.6 Å². The molecule has 5 atom stereocenters. The van der Waals surface area contributed by atoms with Crippen LogP contribution >= 0.6 is 0 Å². The van der Waals surface area contributed by atoms with Gasteiger partial charge in [0, 0.05) is 6.72 Å². The van der Waals surface area contributed by atoms with Crippen LogP contribution in [0.4, 0.5) is 5.82 Å². The molecule has 1 unspecified atom stereocenters. The van der Waals surface area contributed by atoms with Crippen molar-refractivity contribution < 1.29 is 19.8 Å². The molecular formula is C17H27N7O4. The van der Waals surface area contributed by atoms with Crippen molar-refractivity contribution in [3.05, 3.63) is 12.7 Å². The molecule has 1 aliphatic rings. The molecule has 2 aromatic heterocycles. The van der Waals surface area contributed by atoms with Crippen LogP contribution in [0.25, 0.3) is 11.2 Å². The number of hydrogen-bond acceptors (Lipinski definition) is 10. The predicted molar refractivity (Wildman–Crippen MR) is 102 cm³/mol. The molecule has 0 aromatic carbocycles. The minimum atomic E-state index is -1.20. The van der Waals surface area contributed by atoms with E-state index in [0.29, 0.717) is 17.6 Å². The number of ether oxygens (including phenoxy) is 1. The molecule has 1 fully saturated rings. The molecule has 11 nitrogen and oxygen atoms in total. The molecule has 2 aromatic rings. The molecule has 0 saturated carbocycles. The SMILES string of the molecule is C=NNOC(CCCCCC)[C@H]1O[C@@H](n2cnc3c(N)ncnc32)[C@H](O)[C@@H]1O. The van der Waals surface area contributed by atoms with Gasteiger partial charge in [0.25, 0.3) is 0 Å². The third-order valence-electron chi connectivity index (χ3n) is 4.91. The monoisotopic (exact) mass is 393 g/mol. The average Bonchev–Trinajstić information content (AvgIpc) is 3.24. The highest BCUT2D eigenvalue weighted by Crippen LogP contribution is 2.35. The topological polar surface area (TPSA) is 153 Å².